The van der Waals surface area contributed by atoms with Crippen LogP contribution in [0.4, 0.5) is 0 Å². The monoisotopic (exact) mass is 359 g/mol. The SMILES string of the molecule is COc1ccc(S(=O)(=O)NC(C2CC2)C2CC2)cc1Br. The predicted molar refractivity (Wildman–Crippen MR) is 80.3 cm³/mol. The number of methoxy groups -OCH3 is 1. The van der Waals surface area contributed by atoms with Gasteiger partial charge in [0.1, 0.15) is 5.75 Å². The second-order valence-electron chi connectivity index (χ2n) is 5.62. The molecule has 4 nitrogen and oxygen atoms in total. The summed E-state index contributed by atoms with van der Waals surface area (Å²) >= 11 is 3.33. The Hall–Kier alpha value is -0.590. The van der Waals surface area contributed by atoms with Gasteiger partial charge in [0.25, 0.3) is 0 Å². The minimum Gasteiger partial charge on any atom is -0.496 e. The summed E-state index contributed by atoms with van der Waals surface area (Å²) in [6, 6.07) is 4.98. The van der Waals surface area contributed by atoms with E-state index in [-0.39, 0.29) is 10.9 Å². The van der Waals surface area contributed by atoms with Crippen molar-refractivity contribution < 1.29 is 13.2 Å². The van der Waals surface area contributed by atoms with Crippen LogP contribution in [0.5, 0.6) is 5.75 Å². The highest BCUT2D eigenvalue weighted by Crippen LogP contribution is 2.45. The third kappa shape index (κ3) is 3.02. The van der Waals surface area contributed by atoms with E-state index < -0.39 is 10.0 Å². The third-order valence-electron chi connectivity index (χ3n) is 3.98. The first-order valence-corrected chi connectivity index (χ1v) is 9.15. The number of ether oxygens (including phenoxy) is 1. The molecule has 20 heavy (non-hydrogen) atoms. The lowest BCUT2D eigenvalue weighted by Gasteiger charge is -2.18. The highest BCUT2D eigenvalue weighted by Gasteiger charge is 2.43. The quantitative estimate of drug-likeness (QED) is 0.849. The maximum absolute atomic E-state index is 12.5. The Balaban J connectivity index is 1.81. The van der Waals surface area contributed by atoms with Gasteiger partial charge in [-0.1, -0.05) is 0 Å². The number of hydrogen-bond acceptors (Lipinski definition) is 3. The van der Waals surface area contributed by atoms with Gasteiger partial charge in [0.2, 0.25) is 10.0 Å². The van der Waals surface area contributed by atoms with Gasteiger partial charge in [-0.05, 0) is 71.6 Å². The van der Waals surface area contributed by atoms with Crippen molar-refractivity contribution in [1.29, 1.82) is 0 Å². The highest BCUT2D eigenvalue weighted by atomic mass is 79.9. The van der Waals surface area contributed by atoms with Gasteiger partial charge in [0.05, 0.1) is 16.5 Å². The summed E-state index contributed by atoms with van der Waals surface area (Å²) in [6.45, 7) is 0. The van der Waals surface area contributed by atoms with Crippen molar-refractivity contribution >= 4 is 26.0 Å². The van der Waals surface area contributed by atoms with Crippen molar-refractivity contribution in [2.45, 2.75) is 36.6 Å². The summed E-state index contributed by atoms with van der Waals surface area (Å²) in [5, 5.41) is 0. The van der Waals surface area contributed by atoms with Crippen LogP contribution < -0.4 is 9.46 Å². The first-order valence-electron chi connectivity index (χ1n) is 6.87. The van der Waals surface area contributed by atoms with E-state index in [1.165, 1.54) is 0 Å². The molecule has 2 aliphatic carbocycles. The first kappa shape index (κ1) is 14.4. The number of nitrogens with one attached hydrogen (secondary N) is 1. The number of rotatable bonds is 6. The van der Waals surface area contributed by atoms with Crippen LogP contribution in [0.1, 0.15) is 25.7 Å². The molecule has 6 heteroatoms. The molecule has 2 aliphatic rings. The molecule has 0 amide bonds. The Labute approximate surface area is 128 Å². The normalized spacial score (nSPS) is 19.4. The van der Waals surface area contributed by atoms with Crippen LogP contribution in [-0.4, -0.2) is 21.6 Å². The maximum atomic E-state index is 12.5. The predicted octanol–water partition coefficient (Wildman–Crippen LogP) is 2.92. The zero-order valence-electron chi connectivity index (χ0n) is 11.3. The molecule has 0 aliphatic heterocycles. The molecule has 0 aromatic heterocycles. The summed E-state index contributed by atoms with van der Waals surface area (Å²) < 4.78 is 33.7. The van der Waals surface area contributed by atoms with Crippen LogP contribution in [0, 0.1) is 11.8 Å². The Morgan fingerprint density at radius 3 is 2.30 bits per heavy atom. The van der Waals surface area contributed by atoms with Crippen LogP contribution in [0.25, 0.3) is 0 Å². The van der Waals surface area contributed by atoms with Crippen molar-refractivity contribution in [1.82, 2.24) is 4.72 Å². The van der Waals surface area contributed by atoms with Crippen molar-refractivity contribution in [3.63, 3.8) is 0 Å². The summed E-state index contributed by atoms with van der Waals surface area (Å²) in [6.07, 6.45) is 4.60. The fourth-order valence-electron chi connectivity index (χ4n) is 2.55. The molecule has 2 saturated carbocycles. The van der Waals surface area contributed by atoms with Gasteiger partial charge in [0, 0.05) is 6.04 Å². The smallest absolute Gasteiger partial charge is 0.240 e. The van der Waals surface area contributed by atoms with E-state index in [9.17, 15) is 8.42 Å². The van der Waals surface area contributed by atoms with E-state index in [0.29, 0.717) is 22.1 Å². The molecule has 0 radical (unpaired) electrons. The van der Waals surface area contributed by atoms with E-state index in [1.807, 2.05) is 0 Å². The molecule has 0 heterocycles. The fraction of sp³-hybridized carbons (Fsp3) is 0.571. The maximum Gasteiger partial charge on any atom is 0.240 e. The van der Waals surface area contributed by atoms with Gasteiger partial charge in [-0.2, -0.15) is 0 Å². The molecule has 1 aromatic carbocycles. The summed E-state index contributed by atoms with van der Waals surface area (Å²) in [7, 11) is -1.89. The lowest BCUT2D eigenvalue weighted by Crippen LogP contribution is -2.38. The fourth-order valence-corrected chi connectivity index (χ4v) is 4.64. The van der Waals surface area contributed by atoms with Crippen LogP contribution >= 0.6 is 15.9 Å². The van der Waals surface area contributed by atoms with Gasteiger partial charge in [-0.25, -0.2) is 13.1 Å². The van der Waals surface area contributed by atoms with E-state index in [1.54, 1.807) is 25.3 Å². The number of sulfonamides is 1. The van der Waals surface area contributed by atoms with Crippen molar-refractivity contribution in [3.05, 3.63) is 22.7 Å². The van der Waals surface area contributed by atoms with Gasteiger partial charge < -0.3 is 4.74 Å². The minimum atomic E-state index is -3.45. The van der Waals surface area contributed by atoms with Crippen LogP contribution in [-0.2, 0) is 10.0 Å². The molecule has 110 valence electrons. The van der Waals surface area contributed by atoms with Crippen molar-refractivity contribution in [2.24, 2.45) is 11.8 Å². The largest absolute Gasteiger partial charge is 0.496 e. The number of hydrogen-bond donors (Lipinski definition) is 1. The Bertz CT molecular complexity index is 597. The van der Waals surface area contributed by atoms with Crippen molar-refractivity contribution in [2.75, 3.05) is 7.11 Å². The average Bonchev–Trinajstić information content (AvgIpc) is 3.29. The Morgan fingerprint density at radius 2 is 1.85 bits per heavy atom. The van der Waals surface area contributed by atoms with Gasteiger partial charge in [0.15, 0.2) is 0 Å². The topological polar surface area (TPSA) is 55.4 Å². The Kier molecular flexibility index (Phi) is 3.81. The van der Waals surface area contributed by atoms with Gasteiger partial charge >= 0.3 is 0 Å². The highest BCUT2D eigenvalue weighted by molar-refractivity contribution is 9.10. The molecular formula is C14H18BrNO3S. The third-order valence-corrected chi connectivity index (χ3v) is 6.06. The van der Waals surface area contributed by atoms with Crippen LogP contribution in [0.2, 0.25) is 0 Å². The molecular weight excluding hydrogens is 342 g/mol. The molecule has 2 fully saturated rings. The van der Waals surface area contributed by atoms with Crippen LogP contribution in [0.15, 0.2) is 27.6 Å². The second kappa shape index (κ2) is 5.31. The van der Waals surface area contributed by atoms with Gasteiger partial charge in [-0.3, -0.25) is 0 Å². The second-order valence-corrected chi connectivity index (χ2v) is 8.19. The van der Waals surface area contributed by atoms with E-state index in [2.05, 4.69) is 20.7 Å². The molecule has 1 aromatic rings. The lowest BCUT2D eigenvalue weighted by molar-refractivity contribution is 0.411. The standard InChI is InChI=1S/C14H18BrNO3S/c1-19-13-7-6-11(8-12(13)15)20(17,18)16-14(9-2-3-9)10-4-5-10/h6-10,14,16H,2-5H2,1H3. The summed E-state index contributed by atoms with van der Waals surface area (Å²) in [5.41, 5.74) is 0. The molecule has 0 saturated heterocycles. The minimum absolute atomic E-state index is 0.126. The molecule has 0 spiro atoms. The van der Waals surface area contributed by atoms with Crippen LogP contribution in [0.3, 0.4) is 0 Å². The number of benzene rings is 1. The van der Waals surface area contributed by atoms with E-state index in [4.69, 9.17) is 4.74 Å². The Morgan fingerprint density at radius 1 is 1.25 bits per heavy atom. The van der Waals surface area contributed by atoms with Gasteiger partial charge in [-0.15, -0.1) is 0 Å². The molecule has 0 bridgehead atoms. The number of halogens is 1. The first-order chi connectivity index (χ1) is 9.51. The molecule has 3 rings (SSSR count). The zero-order chi connectivity index (χ0) is 14.3. The lowest BCUT2D eigenvalue weighted by atomic mass is 10.1. The molecule has 0 unspecified atom stereocenters. The van der Waals surface area contributed by atoms with E-state index in [0.717, 1.165) is 25.7 Å². The summed E-state index contributed by atoms with van der Waals surface area (Å²) in [4.78, 5) is 0.288. The van der Waals surface area contributed by atoms with E-state index >= 15 is 0 Å². The van der Waals surface area contributed by atoms with Crippen molar-refractivity contribution in [3.8, 4) is 5.75 Å². The summed E-state index contributed by atoms with van der Waals surface area (Å²) in [5.74, 6) is 1.71. The molecule has 0 atom stereocenters. The average molecular weight is 360 g/mol. The zero-order valence-corrected chi connectivity index (χ0v) is 13.7. The molecule has 1 N–H and O–H groups in total.